The molecule has 2 atom stereocenters. The summed E-state index contributed by atoms with van der Waals surface area (Å²) in [6, 6.07) is 9.28. The van der Waals surface area contributed by atoms with Crippen molar-refractivity contribution < 1.29 is 22.3 Å². The number of rotatable bonds is 8. The number of pyridine rings is 1. The topological polar surface area (TPSA) is 85.4 Å². The molecule has 0 spiro atoms. The number of methoxy groups -OCH3 is 1. The lowest BCUT2D eigenvalue weighted by Gasteiger charge is -2.25. The minimum absolute atomic E-state index is 0.175. The largest absolute Gasteiger partial charge is 0.468 e. The maximum Gasteiger partial charge on any atom is 0.324 e. The molecule has 1 aromatic heterocycles. The lowest BCUT2D eigenvalue weighted by molar-refractivity contribution is -0.144. The Morgan fingerprint density at radius 2 is 1.92 bits per heavy atom. The minimum Gasteiger partial charge on any atom is -0.468 e. The summed E-state index contributed by atoms with van der Waals surface area (Å²) in [7, 11) is -2.79. The molecule has 0 aliphatic rings. The molecule has 0 unspecified atom stereocenters. The van der Waals surface area contributed by atoms with E-state index >= 15 is 0 Å². The van der Waals surface area contributed by atoms with Gasteiger partial charge in [-0.25, -0.2) is 17.8 Å². The summed E-state index contributed by atoms with van der Waals surface area (Å²) in [6.45, 7) is 1.85. The molecule has 1 N–H and O–H groups in total. The van der Waals surface area contributed by atoms with Crippen molar-refractivity contribution in [2.75, 3.05) is 7.11 Å². The molecule has 1 aromatic carbocycles. The fourth-order valence-corrected chi connectivity index (χ4v) is 3.82. The molecule has 0 radical (unpaired) electrons. The highest BCUT2D eigenvalue weighted by Gasteiger charge is 2.33. The number of carbonyl (C=O) groups is 1. The van der Waals surface area contributed by atoms with Crippen LogP contribution in [0, 0.1) is 11.7 Å². The van der Waals surface area contributed by atoms with Crippen LogP contribution in [0.5, 0.6) is 0 Å². The van der Waals surface area contributed by atoms with Gasteiger partial charge in [-0.3, -0.25) is 4.79 Å². The van der Waals surface area contributed by atoms with Crippen molar-refractivity contribution in [2.24, 2.45) is 5.92 Å². The fraction of sp³-hybridized carbons (Fsp3) is 0.333. The first-order chi connectivity index (χ1) is 12.4. The van der Waals surface area contributed by atoms with Crippen LogP contribution in [-0.2, 0) is 26.0 Å². The molecule has 0 aliphatic heterocycles. The van der Waals surface area contributed by atoms with Crippen LogP contribution in [0.3, 0.4) is 0 Å². The van der Waals surface area contributed by atoms with Gasteiger partial charge >= 0.3 is 5.97 Å². The molecule has 0 fully saturated rings. The minimum atomic E-state index is -3.99. The Morgan fingerprint density at radius 1 is 1.23 bits per heavy atom. The van der Waals surface area contributed by atoms with Gasteiger partial charge in [0.15, 0.2) is 5.03 Å². The van der Waals surface area contributed by atoms with E-state index in [1.165, 1.54) is 31.5 Å². The molecule has 6 nitrogen and oxygen atoms in total. The number of nitrogens with one attached hydrogen (secondary N) is 1. The molecular weight excluding hydrogens is 359 g/mol. The van der Waals surface area contributed by atoms with Gasteiger partial charge in [-0.1, -0.05) is 31.5 Å². The third-order valence-electron chi connectivity index (χ3n) is 4.06. The van der Waals surface area contributed by atoms with Crippen LogP contribution in [0.4, 0.5) is 4.39 Å². The number of sulfonamides is 1. The van der Waals surface area contributed by atoms with Gasteiger partial charge in [0.05, 0.1) is 7.11 Å². The standard InChI is InChI=1S/C18H21FN2O4S/c1-3-14(12-13-7-9-15(19)10-8-13)17(18(22)25-2)21-26(23,24)16-6-4-5-11-20-16/h4-11,14,17,21H,3,12H2,1-2H3/t14-,17-/m0/s1. The maximum absolute atomic E-state index is 13.1. The van der Waals surface area contributed by atoms with Crippen LogP contribution < -0.4 is 4.72 Å². The number of esters is 1. The van der Waals surface area contributed by atoms with Gasteiger partial charge in [0.1, 0.15) is 11.9 Å². The number of halogens is 1. The number of ether oxygens (including phenoxy) is 1. The summed E-state index contributed by atoms with van der Waals surface area (Å²) in [5, 5.41) is -0.175. The quantitative estimate of drug-likeness (QED) is 0.711. The van der Waals surface area contributed by atoms with Crippen LogP contribution in [-0.4, -0.2) is 32.5 Å². The van der Waals surface area contributed by atoms with Crippen molar-refractivity contribution in [1.29, 1.82) is 0 Å². The monoisotopic (exact) mass is 380 g/mol. The Labute approximate surface area is 152 Å². The third kappa shape index (κ3) is 5.09. The number of nitrogens with zero attached hydrogens (tertiary/aromatic N) is 1. The lowest BCUT2D eigenvalue weighted by atomic mass is 9.90. The van der Waals surface area contributed by atoms with Crippen molar-refractivity contribution in [3.8, 4) is 0 Å². The molecule has 140 valence electrons. The molecule has 2 aromatic rings. The molecule has 1 heterocycles. The zero-order valence-corrected chi connectivity index (χ0v) is 15.4. The van der Waals surface area contributed by atoms with E-state index in [1.807, 2.05) is 6.92 Å². The van der Waals surface area contributed by atoms with E-state index < -0.39 is 22.0 Å². The molecule has 0 amide bonds. The Balaban J connectivity index is 2.27. The molecule has 26 heavy (non-hydrogen) atoms. The summed E-state index contributed by atoms with van der Waals surface area (Å²) >= 11 is 0. The summed E-state index contributed by atoms with van der Waals surface area (Å²) in [4.78, 5) is 16.1. The van der Waals surface area contributed by atoms with Crippen molar-refractivity contribution >= 4 is 16.0 Å². The van der Waals surface area contributed by atoms with E-state index in [2.05, 4.69) is 9.71 Å². The van der Waals surface area contributed by atoms with Gasteiger partial charge in [-0.15, -0.1) is 0 Å². The van der Waals surface area contributed by atoms with Crippen molar-refractivity contribution in [3.05, 3.63) is 60.0 Å². The summed E-state index contributed by atoms with van der Waals surface area (Å²) in [5.74, 6) is -1.41. The highest BCUT2D eigenvalue weighted by Crippen LogP contribution is 2.20. The molecule has 0 saturated heterocycles. The van der Waals surface area contributed by atoms with Gasteiger partial charge in [0.25, 0.3) is 10.0 Å². The predicted octanol–water partition coefficient (Wildman–Crippen LogP) is 2.31. The van der Waals surface area contributed by atoms with Gasteiger partial charge in [0, 0.05) is 6.20 Å². The Bertz CT molecular complexity index is 826. The van der Waals surface area contributed by atoms with Gasteiger partial charge < -0.3 is 4.74 Å². The second kappa shape index (κ2) is 8.86. The number of benzene rings is 1. The zero-order valence-electron chi connectivity index (χ0n) is 14.6. The number of aromatic nitrogens is 1. The first-order valence-electron chi connectivity index (χ1n) is 8.13. The SMILES string of the molecule is CC[C@@H](Cc1ccc(F)cc1)[C@H](NS(=O)(=O)c1ccccn1)C(=O)OC. The number of carbonyl (C=O) groups excluding carboxylic acids is 1. The van der Waals surface area contributed by atoms with E-state index in [9.17, 15) is 17.6 Å². The zero-order chi connectivity index (χ0) is 19.2. The van der Waals surface area contributed by atoms with E-state index in [1.54, 1.807) is 24.3 Å². The van der Waals surface area contributed by atoms with E-state index in [0.29, 0.717) is 12.8 Å². The van der Waals surface area contributed by atoms with E-state index in [0.717, 1.165) is 5.56 Å². The first-order valence-corrected chi connectivity index (χ1v) is 9.61. The van der Waals surface area contributed by atoms with E-state index in [4.69, 9.17) is 4.74 Å². The van der Waals surface area contributed by atoms with Crippen LogP contribution in [0.1, 0.15) is 18.9 Å². The molecule has 0 saturated carbocycles. The van der Waals surface area contributed by atoms with Crippen LogP contribution >= 0.6 is 0 Å². The molecule has 8 heteroatoms. The maximum atomic E-state index is 13.1. The van der Waals surface area contributed by atoms with Crippen molar-refractivity contribution in [2.45, 2.75) is 30.8 Å². The van der Waals surface area contributed by atoms with E-state index in [-0.39, 0.29) is 16.8 Å². The average Bonchev–Trinajstić information content (AvgIpc) is 2.66. The third-order valence-corrected chi connectivity index (χ3v) is 5.41. The van der Waals surface area contributed by atoms with Crippen LogP contribution in [0.25, 0.3) is 0 Å². The average molecular weight is 380 g/mol. The highest BCUT2D eigenvalue weighted by molar-refractivity contribution is 7.89. The van der Waals surface area contributed by atoms with Gasteiger partial charge in [0.2, 0.25) is 0 Å². The second-order valence-corrected chi connectivity index (χ2v) is 7.45. The highest BCUT2D eigenvalue weighted by atomic mass is 32.2. The Hall–Kier alpha value is -2.32. The first kappa shape index (κ1) is 20.0. The summed E-state index contributed by atoms with van der Waals surface area (Å²) in [5.41, 5.74) is 0.796. The fourth-order valence-electron chi connectivity index (χ4n) is 2.62. The van der Waals surface area contributed by atoms with Crippen LogP contribution in [0.15, 0.2) is 53.7 Å². The number of hydrogen-bond donors (Lipinski definition) is 1. The molecular formula is C18H21FN2O4S. The lowest BCUT2D eigenvalue weighted by Crippen LogP contribution is -2.47. The molecule has 2 rings (SSSR count). The van der Waals surface area contributed by atoms with Crippen LogP contribution in [0.2, 0.25) is 0 Å². The summed E-state index contributed by atoms with van der Waals surface area (Å²) < 4.78 is 45.4. The van der Waals surface area contributed by atoms with Crippen molar-refractivity contribution in [1.82, 2.24) is 9.71 Å². The normalized spacial score (nSPS) is 13.8. The summed E-state index contributed by atoms with van der Waals surface area (Å²) in [6.07, 6.45) is 2.26. The number of hydrogen-bond acceptors (Lipinski definition) is 5. The smallest absolute Gasteiger partial charge is 0.324 e. The Morgan fingerprint density at radius 3 is 2.46 bits per heavy atom. The molecule has 0 bridgehead atoms. The van der Waals surface area contributed by atoms with Gasteiger partial charge in [-0.2, -0.15) is 4.72 Å². The predicted molar refractivity (Wildman–Crippen MR) is 94.2 cm³/mol. The second-order valence-electron chi connectivity index (χ2n) is 5.79. The van der Waals surface area contributed by atoms with Crippen molar-refractivity contribution in [3.63, 3.8) is 0 Å². The van der Waals surface area contributed by atoms with Gasteiger partial charge in [-0.05, 0) is 42.2 Å². The molecule has 0 aliphatic carbocycles. The Kier molecular flexibility index (Phi) is 6.82.